The normalized spacial score (nSPS) is 13.7. The Kier molecular flexibility index (Phi) is 5.72. The lowest BCUT2D eigenvalue weighted by molar-refractivity contribution is -0.116. The first kappa shape index (κ1) is 19.4. The summed E-state index contributed by atoms with van der Waals surface area (Å²) in [5.41, 5.74) is 2.62. The van der Waals surface area contributed by atoms with Gasteiger partial charge in [-0.15, -0.1) is 0 Å². The second-order valence-corrected chi connectivity index (χ2v) is 9.13. The zero-order valence-electron chi connectivity index (χ0n) is 14.1. The number of halogens is 2. The molecule has 0 saturated carbocycles. The average Bonchev–Trinajstić information content (AvgIpc) is 2.98. The van der Waals surface area contributed by atoms with Crippen LogP contribution in [0.15, 0.2) is 45.8 Å². The van der Waals surface area contributed by atoms with Crippen LogP contribution in [-0.2, 0) is 27.7 Å². The molecule has 3 rings (SSSR count). The Labute approximate surface area is 166 Å². The summed E-state index contributed by atoms with van der Waals surface area (Å²) in [5.74, 6) is -0.0925. The van der Waals surface area contributed by atoms with Gasteiger partial charge in [-0.05, 0) is 64.2 Å². The number of sulfonamides is 1. The molecule has 26 heavy (non-hydrogen) atoms. The minimum Gasteiger partial charge on any atom is -0.312 e. The summed E-state index contributed by atoms with van der Waals surface area (Å²) >= 11 is 9.20. The van der Waals surface area contributed by atoms with E-state index in [9.17, 15) is 13.2 Å². The summed E-state index contributed by atoms with van der Waals surface area (Å²) in [4.78, 5) is 13.5. The first-order valence-corrected chi connectivity index (χ1v) is 10.8. The predicted octanol–water partition coefficient (Wildman–Crippen LogP) is 3.53. The van der Waals surface area contributed by atoms with E-state index in [0.717, 1.165) is 17.5 Å². The molecule has 0 aliphatic carbocycles. The van der Waals surface area contributed by atoms with Crippen molar-refractivity contribution in [1.29, 1.82) is 0 Å². The molecule has 5 nitrogen and oxygen atoms in total. The van der Waals surface area contributed by atoms with E-state index in [1.165, 1.54) is 6.92 Å². The van der Waals surface area contributed by atoms with E-state index in [1.807, 2.05) is 12.1 Å². The van der Waals surface area contributed by atoms with Crippen LogP contribution < -0.4 is 9.62 Å². The first-order valence-electron chi connectivity index (χ1n) is 8.12. The highest BCUT2D eigenvalue weighted by atomic mass is 79.9. The molecule has 0 spiro atoms. The van der Waals surface area contributed by atoms with E-state index in [0.29, 0.717) is 28.1 Å². The molecule has 0 aromatic heterocycles. The molecule has 2 aromatic carbocycles. The van der Waals surface area contributed by atoms with Crippen LogP contribution in [0, 0.1) is 0 Å². The number of anilines is 1. The Morgan fingerprint density at radius 3 is 2.62 bits per heavy atom. The summed E-state index contributed by atoms with van der Waals surface area (Å²) in [6.45, 7) is 2.32. The zero-order chi connectivity index (χ0) is 18.9. The van der Waals surface area contributed by atoms with Crippen molar-refractivity contribution < 1.29 is 13.2 Å². The summed E-state index contributed by atoms with van der Waals surface area (Å²) in [7, 11) is -3.70. The molecule has 2 aromatic rings. The maximum Gasteiger partial charge on any atom is 0.241 e. The Balaban J connectivity index is 1.77. The van der Waals surface area contributed by atoms with E-state index in [2.05, 4.69) is 20.7 Å². The third-order valence-corrected chi connectivity index (χ3v) is 6.99. The van der Waals surface area contributed by atoms with Crippen LogP contribution in [0.2, 0.25) is 5.02 Å². The van der Waals surface area contributed by atoms with Gasteiger partial charge >= 0.3 is 0 Å². The van der Waals surface area contributed by atoms with Gasteiger partial charge in [0.1, 0.15) is 0 Å². The molecule has 1 aliphatic heterocycles. The lowest BCUT2D eigenvalue weighted by Crippen LogP contribution is -2.28. The van der Waals surface area contributed by atoms with Gasteiger partial charge in [0.05, 0.1) is 4.90 Å². The molecule has 1 aliphatic rings. The standard InChI is InChI=1S/C18H18BrClN2O3S/c1-12(23)22-9-7-14-10-16(19)18(11-17(14)22)26(24,25)21-8-6-13-2-4-15(20)5-3-13/h2-5,10-11,21H,6-9H2,1H3. The second-order valence-electron chi connectivity index (χ2n) is 6.11. The number of hydrogen-bond acceptors (Lipinski definition) is 3. The predicted molar refractivity (Wildman–Crippen MR) is 106 cm³/mol. The SMILES string of the molecule is CC(=O)N1CCc2cc(Br)c(S(=O)(=O)NCCc3ccc(Cl)cc3)cc21. The Morgan fingerprint density at radius 1 is 1.27 bits per heavy atom. The fourth-order valence-electron chi connectivity index (χ4n) is 2.98. The van der Waals surface area contributed by atoms with Crippen LogP contribution >= 0.6 is 27.5 Å². The Morgan fingerprint density at radius 2 is 1.96 bits per heavy atom. The smallest absolute Gasteiger partial charge is 0.241 e. The van der Waals surface area contributed by atoms with Crippen LogP contribution in [0.4, 0.5) is 5.69 Å². The highest BCUT2D eigenvalue weighted by molar-refractivity contribution is 9.10. The van der Waals surface area contributed by atoms with Crippen molar-refractivity contribution in [2.75, 3.05) is 18.0 Å². The van der Waals surface area contributed by atoms with Gasteiger partial charge in [-0.3, -0.25) is 4.79 Å². The first-order chi connectivity index (χ1) is 12.3. The average molecular weight is 458 g/mol. The summed E-state index contributed by atoms with van der Waals surface area (Å²) in [5, 5.41) is 0.645. The van der Waals surface area contributed by atoms with Gasteiger partial charge in [-0.2, -0.15) is 0 Å². The fourth-order valence-corrected chi connectivity index (χ4v) is 5.24. The molecule has 1 amide bonds. The van der Waals surface area contributed by atoms with Crippen molar-refractivity contribution in [1.82, 2.24) is 4.72 Å². The molecular weight excluding hydrogens is 440 g/mol. The van der Waals surface area contributed by atoms with Gasteiger partial charge < -0.3 is 4.90 Å². The number of benzene rings is 2. The second kappa shape index (κ2) is 7.68. The Hall–Kier alpha value is -1.41. The van der Waals surface area contributed by atoms with Crippen LogP contribution in [0.1, 0.15) is 18.1 Å². The van der Waals surface area contributed by atoms with Crippen molar-refractivity contribution in [3.8, 4) is 0 Å². The van der Waals surface area contributed by atoms with E-state index in [1.54, 1.807) is 29.2 Å². The third-order valence-electron chi connectivity index (χ3n) is 4.32. The van der Waals surface area contributed by atoms with Gasteiger partial charge in [0.15, 0.2) is 0 Å². The lowest BCUT2D eigenvalue weighted by atomic mass is 10.2. The highest BCUT2D eigenvalue weighted by Gasteiger charge is 2.27. The highest BCUT2D eigenvalue weighted by Crippen LogP contribution is 2.35. The van der Waals surface area contributed by atoms with E-state index in [4.69, 9.17) is 11.6 Å². The maximum atomic E-state index is 12.7. The molecule has 0 saturated heterocycles. The largest absolute Gasteiger partial charge is 0.312 e. The number of rotatable bonds is 5. The fraction of sp³-hybridized carbons (Fsp3) is 0.278. The van der Waals surface area contributed by atoms with Crippen LogP contribution in [0.5, 0.6) is 0 Å². The van der Waals surface area contributed by atoms with Crippen LogP contribution in [0.25, 0.3) is 0 Å². The van der Waals surface area contributed by atoms with Crippen LogP contribution in [0.3, 0.4) is 0 Å². The Bertz CT molecular complexity index is 946. The minimum absolute atomic E-state index is 0.0925. The number of hydrogen-bond donors (Lipinski definition) is 1. The quantitative estimate of drug-likeness (QED) is 0.747. The molecular formula is C18H18BrClN2O3S. The number of carbonyl (C=O) groups is 1. The monoisotopic (exact) mass is 456 g/mol. The third kappa shape index (κ3) is 4.11. The summed E-state index contributed by atoms with van der Waals surface area (Å²) in [6, 6.07) is 10.6. The van der Waals surface area contributed by atoms with Crippen LogP contribution in [-0.4, -0.2) is 27.4 Å². The zero-order valence-corrected chi connectivity index (χ0v) is 17.3. The number of amides is 1. The van der Waals surface area contributed by atoms with Gasteiger partial charge in [0.2, 0.25) is 15.9 Å². The van der Waals surface area contributed by atoms with Gasteiger partial charge in [0, 0.05) is 35.2 Å². The van der Waals surface area contributed by atoms with Gasteiger partial charge in [0.25, 0.3) is 0 Å². The van der Waals surface area contributed by atoms with Crippen molar-refractivity contribution >= 4 is 49.1 Å². The molecule has 138 valence electrons. The lowest BCUT2D eigenvalue weighted by Gasteiger charge is -2.17. The molecule has 0 fully saturated rings. The number of carbonyl (C=O) groups excluding carboxylic acids is 1. The topological polar surface area (TPSA) is 66.5 Å². The molecule has 0 radical (unpaired) electrons. The molecule has 1 heterocycles. The molecule has 0 unspecified atom stereocenters. The molecule has 0 atom stereocenters. The number of fused-ring (bicyclic) bond motifs is 1. The van der Waals surface area contributed by atoms with E-state index >= 15 is 0 Å². The van der Waals surface area contributed by atoms with Crippen molar-refractivity contribution in [3.63, 3.8) is 0 Å². The summed E-state index contributed by atoms with van der Waals surface area (Å²) in [6.07, 6.45) is 1.27. The van der Waals surface area contributed by atoms with Gasteiger partial charge in [-0.1, -0.05) is 23.7 Å². The van der Waals surface area contributed by atoms with Crippen molar-refractivity contribution in [2.24, 2.45) is 0 Å². The molecule has 1 N–H and O–H groups in total. The maximum absolute atomic E-state index is 12.7. The van der Waals surface area contributed by atoms with E-state index in [-0.39, 0.29) is 17.3 Å². The van der Waals surface area contributed by atoms with Gasteiger partial charge in [-0.25, -0.2) is 13.1 Å². The minimum atomic E-state index is -3.70. The molecule has 0 bridgehead atoms. The number of nitrogens with zero attached hydrogens (tertiary/aromatic N) is 1. The van der Waals surface area contributed by atoms with Crippen molar-refractivity contribution in [3.05, 3.63) is 57.0 Å². The number of nitrogens with one attached hydrogen (secondary N) is 1. The van der Waals surface area contributed by atoms with E-state index < -0.39 is 10.0 Å². The summed E-state index contributed by atoms with van der Waals surface area (Å²) < 4.78 is 28.5. The molecule has 8 heteroatoms. The van der Waals surface area contributed by atoms with Crippen molar-refractivity contribution in [2.45, 2.75) is 24.7 Å².